The van der Waals surface area contributed by atoms with Crippen molar-refractivity contribution in [3.8, 4) is 0 Å². The van der Waals surface area contributed by atoms with E-state index in [1.54, 1.807) is 4.90 Å². The molecule has 1 aliphatic rings. The molecule has 2 rings (SSSR count). The van der Waals surface area contributed by atoms with Gasteiger partial charge in [-0.05, 0) is 25.3 Å². The van der Waals surface area contributed by atoms with Gasteiger partial charge in [0.05, 0.1) is 12.6 Å². The minimum absolute atomic E-state index is 0.0308. The van der Waals surface area contributed by atoms with Gasteiger partial charge in [-0.1, -0.05) is 49.6 Å². The summed E-state index contributed by atoms with van der Waals surface area (Å²) in [6.07, 6.45) is 5.22. The number of aliphatic hydroxyl groups is 1. The van der Waals surface area contributed by atoms with Crippen LogP contribution in [-0.4, -0.2) is 34.8 Å². The van der Waals surface area contributed by atoms with E-state index in [9.17, 15) is 9.90 Å². The fourth-order valence-corrected chi connectivity index (χ4v) is 2.93. The summed E-state index contributed by atoms with van der Waals surface area (Å²) in [5.41, 5.74) is 0.978. The van der Waals surface area contributed by atoms with Gasteiger partial charge in [-0.15, -0.1) is 0 Å². The third-order valence-corrected chi connectivity index (χ3v) is 4.12. The molecular formula is C17H25NO3. The van der Waals surface area contributed by atoms with Crippen molar-refractivity contribution in [2.75, 3.05) is 6.61 Å². The molecule has 0 bridgehead atoms. The van der Waals surface area contributed by atoms with E-state index in [0.29, 0.717) is 0 Å². The lowest BCUT2D eigenvalue weighted by atomic mass is 9.93. The Morgan fingerprint density at radius 3 is 2.57 bits per heavy atom. The lowest BCUT2D eigenvalue weighted by molar-refractivity contribution is 0.0396. The van der Waals surface area contributed by atoms with E-state index in [4.69, 9.17) is 4.74 Å². The molecule has 1 amide bonds. The summed E-state index contributed by atoms with van der Waals surface area (Å²) in [6, 6.07) is 9.67. The molecule has 0 aliphatic heterocycles. The first-order chi connectivity index (χ1) is 10.2. The number of nitrogens with zero attached hydrogens (tertiary/aromatic N) is 1. The van der Waals surface area contributed by atoms with Crippen molar-refractivity contribution in [2.24, 2.45) is 0 Å². The average molecular weight is 291 g/mol. The predicted octanol–water partition coefficient (Wildman–Crippen LogP) is 3.34. The zero-order valence-electron chi connectivity index (χ0n) is 12.7. The third-order valence-electron chi connectivity index (χ3n) is 4.12. The number of ether oxygens (including phenoxy) is 1. The second-order valence-electron chi connectivity index (χ2n) is 5.77. The first kappa shape index (κ1) is 15.8. The van der Waals surface area contributed by atoms with Crippen LogP contribution in [-0.2, 0) is 11.3 Å². The van der Waals surface area contributed by atoms with E-state index < -0.39 is 0 Å². The number of amides is 1. The summed E-state index contributed by atoms with van der Waals surface area (Å²) >= 11 is 0. The van der Waals surface area contributed by atoms with Crippen LogP contribution in [0.25, 0.3) is 0 Å². The van der Waals surface area contributed by atoms with Gasteiger partial charge in [0.1, 0.15) is 6.61 Å². The smallest absolute Gasteiger partial charge is 0.410 e. The van der Waals surface area contributed by atoms with E-state index in [2.05, 4.69) is 0 Å². The van der Waals surface area contributed by atoms with Crippen molar-refractivity contribution in [1.82, 2.24) is 4.90 Å². The lowest BCUT2D eigenvalue weighted by Gasteiger charge is -2.37. The maximum absolute atomic E-state index is 12.4. The van der Waals surface area contributed by atoms with Gasteiger partial charge in [-0.25, -0.2) is 4.79 Å². The molecule has 0 spiro atoms. The summed E-state index contributed by atoms with van der Waals surface area (Å²) < 4.78 is 5.44. The van der Waals surface area contributed by atoms with Gasteiger partial charge in [0, 0.05) is 6.04 Å². The van der Waals surface area contributed by atoms with E-state index in [1.165, 1.54) is 6.42 Å². The molecule has 1 aromatic rings. The highest BCUT2D eigenvalue weighted by atomic mass is 16.6. The van der Waals surface area contributed by atoms with Crippen LogP contribution in [0.4, 0.5) is 4.79 Å². The third kappa shape index (κ3) is 4.46. The summed E-state index contributed by atoms with van der Waals surface area (Å²) in [7, 11) is 0. The van der Waals surface area contributed by atoms with Crippen molar-refractivity contribution >= 4 is 6.09 Å². The summed E-state index contributed by atoms with van der Waals surface area (Å²) in [6.45, 7) is 2.12. The number of carbonyl (C=O) groups is 1. The van der Waals surface area contributed by atoms with Crippen molar-refractivity contribution in [1.29, 1.82) is 0 Å². The fourth-order valence-electron chi connectivity index (χ4n) is 2.93. The number of hydrogen-bond donors (Lipinski definition) is 1. The van der Waals surface area contributed by atoms with Crippen molar-refractivity contribution in [3.63, 3.8) is 0 Å². The van der Waals surface area contributed by atoms with Gasteiger partial charge in [-0.2, -0.15) is 0 Å². The summed E-state index contributed by atoms with van der Waals surface area (Å²) in [4.78, 5) is 14.1. The minimum Gasteiger partial charge on any atom is -0.445 e. The first-order valence-electron chi connectivity index (χ1n) is 7.82. The van der Waals surface area contributed by atoms with Gasteiger partial charge in [-0.3, -0.25) is 0 Å². The van der Waals surface area contributed by atoms with Crippen LogP contribution in [0.5, 0.6) is 0 Å². The fraction of sp³-hybridized carbons (Fsp3) is 0.588. The van der Waals surface area contributed by atoms with Crippen LogP contribution < -0.4 is 0 Å². The SMILES string of the molecule is CC(CO)N(C(=O)OCc1ccccc1)C1CCCCC1. The molecule has 116 valence electrons. The molecule has 4 nitrogen and oxygen atoms in total. The molecular weight excluding hydrogens is 266 g/mol. The zero-order chi connectivity index (χ0) is 15.1. The quantitative estimate of drug-likeness (QED) is 0.905. The van der Waals surface area contributed by atoms with Crippen molar-refractivity contribution < 1.29 is 14.6 Å². The van der Waals surface area contributed by atoms with E-state index in [0.717, 1.165) is 31.2 Å². The van der Waals surface area contributed by atoms with Gasteiger partial charge in [0.25, 0.3) is 0 Å². The molecule has 1 aliphatic carbocycles. The van der Waals surface area contributed by atoms with Gasteiger partial charge in [0.2, 0.25) is 0 Å². The molecule has 1 saturated carbocycles. The molecule has 4 heteroatoms. The zero-order valence-corrected chi connectivity index (χ0v) is 12.7. The first-order valence-corrected chi connectivity index (χ1v) is 7.82. The highest BCUT2D eigenvalue weighted by molar-refractivity contribution is 5.68. The number of aliphatic hydroxyl groups excluding tert-OH is 1. The number of rotatable bonds is 5. The summed E-state index contributed by atoms with van der Waals surface area (Å²) in [5.74, 6) is 0. The largest absolute Gasteiger partial charge is 0.445 e. The van der Waals surface area contributed by atoms with Gasteiger partial charge >= 0.3 is 6.09 Å². The minimum atomic E-state index is -0.313. The number of benzene rings is 1. The Kier molecular flexibility index (Phi) is 6.05. The summed E-state index contributed by atoms with van der Waals surface area (Å²) in [5, 5.41) is 9.42. The van der Waals surface area contributed by atoms with Crippen LogP contribution in [0, 0.1) is 0 Å². The Bertz CT molecular complexity index is 429. The molecule has 1 N–H and O–H groups in total. The average Bonchev–Trinajstić information content (AvgIpc) is 2.55. The highest BCUT2D eigenvalue weighted by Gasteiger charge is 2.30. The molecule has 0 radical (unpaired) electrons. The maximum atomic E-state index is 12.4. The highest BCUT2D eigenvalue weighted by Crippen LogP contribution is 2.25. The molecule has 0 saturated heterocycles. The van der Waals surface area contributed by atoms with Crippen LogP contribution in [0.1, 0.15) is 44.6 Å². The Hall–Kier alpha value is -1.55. The molecule has 1 aromatic carbocycles. The second kappa shape index (κ2) is 8.03. The number of carbonyl (C=O) groups excluding carboxylic acids is 1. The van der Waals surface area contributed by atoms with E-state index in [1.807, 2.05) is 37.3 Å². The molecule has 21 heavy (non-hydrogen) atoms. The van der Waals surface area contributed by atoms with Crippen molar-refractivity contribution in [3.05, 3.63) is 35.9 Å². The monoisotopic (exact) mass is 291 g/mol. The predicted molar refractivity (Wildman–Crippen MR) is 81.9 cm³/mol. The van der Waals surface area contributed by atoms with E-state index in [-0.39, 0.29) is 31.4 Å². The normalized spacial score (nSPS) is 17.2. The van der Waals surface area contributed by atoms with E-state index >= 15 is 0 Å². The standard InChI is InChI=1S/C17H25NO3/c1-14(12-19)18(16-10-6-3-7-11-16)17(20)21-13-15-8-4-2-5-9-15/h2,4-5,8-9,14,16,19H,3,6-7,10-13H2,1H3. The molecule has 0 heterocycles. The molecule has 1 fully saturated rings. The Morgan fingerprint density at radius 1 is 1.29 bits per heavy atom. The Morgan fingerprint density at radius 2 is 1.95 bits per heavy atom. The Balaban J connectivity index is 1.96. The van der Waals surface area contributed by atoms with Crippen LogP contribution >= 0.6 is 0 Å². The van der Waals surface area contributed by atoms with Crippen molar-refractivity contribution in [2.45, 2.75) is 57.7 Å². The second-order valence-corrected chi connectivity index (χ2v) is 5.77. The van der Waals surface area contributed by atoms with Crippen LogP contribution in [0.2, 0.25) is 0 Å². The van der Waals surface area contributed by atoms with Crippen LogP contribution in [0.3, 0.4) is 0 Å². The lowest BCUT2D eigenvalue weighted by Crippen LogP contribution is -2.48. The van der Waals surface area contributed by atoms with Gasteiger partial charge < -0.3 is 14.7 Å². The number of hydrogen-bond acceptors (Lipinski definition) is 3. The molecule has 1 atom stereocenters. The molecule has 0 aromatic heterocycles. The Labute approximate surface area is 126 Å². The van der Waals surface area contributed by atoms with Gasteiger partial charge in [0.15, 0.2) is 0 Å². The van der Waals surface area contributed by atoms with Crippen LogP contribution in [0.15, 0.2) is 30.3 Å². The molecule has 1 unspecified atom stereocenters. The topological polar surface area (TPSA) is 49.8 Å². The maximum Gasteiger partial charge on any atom is 0.410 e.